The van der Waals surface area contributed by atoms with Crippen LogP contribution in [0.1, 0.15) is 10.4 Å². The minimum Gasteiger partial charge on any atom is -0.497 e. The van der Waals surface area contributed by atoms with Gasteiger partial charge in [0, 0.05) is 4.47 Å². The van der Waals surface area contributed by atoms with Crippen LogP contribution in [-0.4, -0.2) is 18.2 Å². The summed E-state index contributed by atoms with van der Waals surface area (Å²) in [7, 11) is 1.56. The van der Waals surface area contributed by atoms with Gasteiger partial charge in [-0.05, 0) is 41.5 Å². The van der Waals surface area contributed by atoms with Gasteiger partial charge in [0.2, 0.25) is 0 Å². The summed E-state index contributed by atoms with van der Waals surface area (Å²) in [6.45, 7) is 0. The SMILES string of the molecule is COc1ccc(C(=O)O)c(-c2ccc(Br)cc2)c1. The Bertz CT molecular complexity index is 576. The molecule has 2 rings (SSSR count). The summed E-state index contributed by atoms with van der Waals surface area (Å²) < 4.78 is 6.08. The molecule has 2 aromatic rings. The second-order valence-electron chi connectivity index (χ2n) is 3.72. The molecule has 0 fully saturated rings. The van der Waals surface area contributed by atoms with Crippen LogP contribution in [0, 0.1) is 0 Å². The molecule has 0 saturated heterocycles. The first-order valence-electron chi connectivity index (χ1n) is 5.29. The van der Waals surface area contributed by atoms with Crippen LogP contribution in [0.25, 0.3) is 11.1 Å². The van der Waals surface area contributed by atoms with Gasteiger partial charge < -0.3 is 9.84 Å². The molecule has 0 aliphatic heterocycles. The zero-order valence-electron chi connectivity index (χ0n) is 9.68. The van der Waals surface area contributed by atoms with Crippen molar-refractivity contribution in [2.24, 2.45) is 0 Å². The van der Waals surface area contributed by atoms with E-state index < -0.39 is 5.97 Å². The summed E-state index contributed by atoms with van der Waals surface area (Å²) in [5, 5.41) is 9.20. The fourth-order valence-electron chi connectivity index (χ4n) is 1.71. The summed E-state index contributed by atoms with van der Waals surface area (Å²) >= 11 is 3.35. The minimum atomic E-state index is -0.949. The van der Waals surface area contributed by atoms with Crippen LogP contribution in [0.5, 0.6) is 5.75 Å². The second-order valence-corrected chi connectivity index (χ2v) is 4.64. The van der Waals surface area contributed by atoms with E-state index in [1.165, 1.54) is 0 Å². The van der Waals surface area contributed by atoms with E-state index in [1.807, 2.05) is 24.3 Å². The van der Waals surface area contributed by atoms with Gasteiger partial charge in [-0.2, -0.15) is 0 Å². The fraction of sp³-hybridized carbons (Fsp3) is 0.0714. The number of ether oxygens (including phenoxy) is 1. The van der Waals surface area contributed by atoms with E-state index >= 15 is 0 Å². The predicted octanol–water partition coefficient (Wildman–Crippen LogP) is 3.82. The van der Waals surface area contributed by atoms with Gasteiger partial charge in [-0.3, -0.25) is 0 Å². The Kier molecular flexibility index (Phi) is 3.67. The van der Waals surface area contributed by atoms with Crippen molar-refractivity contribution in [3.63, 3.8) is 0 Å². The Hall–Kier alpha value is -1.81. The molecule has 0 unspecified atom stereocenters. The Morgan fingerprint density at radius 3 is 2.39 bits per heavy atom. The Morgan fingerprint density at radius 2 is 1.83 bits per heavy atom. The molecule has 4 heteroatoms. The Morgan fingerprint density at radius 1 is 1.17 bits per heavy atom. The van der Waals surface area contributed by atoms with E-state index in [0.29, 0.717) is 11.3 Å². The van der Waals surface area contributed by atoms with Crippen molar-refractivity contribution in [2.75, 3.05) is 7.11 Å². The van der Waals surface area contributed by atoms with Crippen LogP contribution in [-0.2, 0) is 0 Å². The molecule has 0 saturated carbocycles. The van der Waals surface area contributed by atoms with Gasteiger partial charge in [0.15, 0.2) is 0 Å². The lowest BCUT2D eigenvalue weighted by Crippen LogP contribution is -2.00. The molecule has 0 heterocycles. The van der Waals surface area contributed by atoms with Crippen LogP contribution < -0.4 is 4.74 Å². The summed E-state index contributed by atoms with van der Waals surface area (Å²) in [5.41, 5.74) is 1.75. The standard InChI is InChI=1S/C14H11BrO3/c1-18-11-6-7-12(14(16)17)13(8-11)9-2-4-10(15)5-3-9/h2-8H,1H3,(H,16,17). The highest BCUT2D eigenvalue weighted by atomic mass is 79.9. The molecule has 3 nitrogen and oxygen atoms in total. The third-order valence-corrected chi connectivity index (χ3v) is 3.14. The van der Waals surface area contributed by atoms with Gasteiger partial charge >= 0.3 is 5.97 Å². The summed E-state index contributed by atoms with van der Waals surface area (Å²) in [6.07, 6.45) is 0. The van der Waals surface area contributed by atoms with Crippen LogP contribution in [0.15, 0.2) is 46.9 Å². The largest absolute Gasteiger partial charge is 0.497 e. The maximum absolute atomic E-state index is 11.2. The van der Waals surface area contributed by atoms with E-state index in [2.05, 4.69) is 15.9 Å². The maximum Gasteiger partial charge on any atom is 0.336 e. The van der Waals surface area contributed by atoms with Gasteiger partial charge in [0.1, 0.15) is 5.75 Å². The number of methoxy groups -OCH3 is 1. The average Bonchev–Trinajstić information content (AvgIpc) is 2.38. The van der Waals surface area contributed by atoms with Crippen molar-refractivity contribution in [1.82, 2.24) is 0 Å². The smallest absolute Gasteiger partial charge is 0.336 e. The van der Waals surface area contributed by atoms with Crippen molar-refractivity contribution in [3.05, 3.63) is 52.5 Å². The number of halogens is 1. The fourth-order valence-corrected chi connectivity index (χ4v) is 1.97. The van der Waals surface area contributed by atoms with E-state index in [0.717, 1.165) is 10.0 Å². The molecule has 0 spiro atoms. The highest BCUT2D eigenvalue weighted by molar-refractivity contribution is 9.10. The molecule has 0 radical (unpaired) electrons. The topological polar surface area (TPSA) is 46.5 Å². The van der Waals surface area contributed by atoms with Gasteiger partial charge in [0.05, 0.1) is 12.7 Å². The van der Waals surface area contributed by atoms with E-state index in [4.69, 9.17) is 4.74 Å². The van der Waals surface area contributed by atoms with Crippen molar-refractivity contribution in [2.45, 2.75) is 0 Å². The van der Waals surface area contributed by atoms with E-state index in [9.17, 15) is 9.90 Å². The molecule has 0 aromatic heterocycles. The van der Waals surface area contributed by atoms with Gasteiger partial charge in [-0.25, -0.2) is 4.79 Å². The zero-order valence-corrected chi connectivity index (χ0v) is 11.3. The number of hydrogen-bond donors (Lipinski definition) is 1. The summed E-state index contributed by atoms with van der Waals surface area (Å²) in [5.74, 6) is -0.312. The predicted molar refractivity (Wildman–Crippen MR) is 73.1 cm³/mol. The molecular weight excluding hydrogens is 296 g/mol. The van der Waals surface area contributed by atoms with Crippen molar-refractivity contribution < 1.29 is 14.6 Å². The first kappa shape index (κ1) is 12.6. The van der Waals surface area contributed by atoms with Crippen LogP contribution in [0.3, 0.4) is 0 Å². The maximum atomic E-state index is 11.2. The molecule has 1 N–H and O–H groups in total. The van der Waals surface area contributed by atoms with Crippen molar-refractivity contribution in [1.29, 1.82) is 0 Å². The van der Waals surface area contributed by atoms with Crippen molar-refractivity contribution in [3.8, 4) is 16.9 Å². The molecule has 0 bridgehead atoms. The quantitative estimate of drug-likeness (QED) is 0.937. The first-order chi connectivity index (χ1) is 8.61. The number of rotatable bonds is 3. The lowest BCUT2D eigenvalue weighted by atomic mass is 9.99. The number of carbonyl (C=O) groups is 1. The summed E-state index contributed by atoms with van der Waals surface area (Å²) in [4.78, 5) is 11.2. The number of benzene rings is 2. The number of aromatic carboxylic acids is 1. The lowest BCUT2D eigenvalue weighted by Gasteiger charge is -2.09. The third kappa shape index (κ3) is 2.54. The molecular formula is C14H11BrO3. The van der Waals surface area contributed by atoms with Crippen LogP contribution in [0.2, 0.25) is 0 Å². The second kappa shape index (κ2) is 5.23. The Labute approximate surface area is 113 Å². The normalized spacial score (nSPS) is 10.1. The highest BCUT2D eigenvalue weighted by Gasteiger charge is 2.12. The summed E-state index contributed by atoms with van der Waals surface area (Å²) in [6, 6.07) is 12.4. The molecule has 92 valence electrons. The molecule has 0 aliphatic carbocycles. The number of hydrogen-bond acceptors (Lipinski definition) is 2. The highest BCUT2D eigenvalue weighted by Crippen LogP contribution is 2.29. The number of carboxylic acid groups (broad SMARTS) is 1. The van der Waals surface area contributed by atoms with E-state index in [1.54, 1.807) is 25.3 Å². The monoisotopic (exact) mass is 306 g/mol. The van der Waals surface area contributed by atoms with Gasteiger partial charge in [-0.15, -0.1) is 0 Å². The molecule has 18 heavy (non-hydrogen) atoms. The minimum absolute atomic E-state index is 0.262. The van der Waals surface area contributed by atoms with Crippen LogP contribution >= 0.6 is 15.9 Å². The third-order valence-electron chi connectivity index (χ3n) is 2.61. The molecule has 0 aliphatic rings. The van der Waals surface area contributed by atoms with Crippen LogP contribution in [0.4, 0.5) is 0 Å². The average molecular weight is 307 g/mol. The first-order valence-corrected chi connectivity index (χ1v) is 6.08. The lowest BCUT2D eigenvalue weighted by molar-refractivity contribution is 0.0697. The van der Waals surface area contributed by atoms with Crippen molar-refractivity contribution >= 4 is 21.9 Å². The van der Waals surface area contributed by atoms with E-state index in [-0.39, 0.29) is 5.56 Å². The van der Waals surface area contributed by atoms with Gasteiger partial charge in [0.25, 0.3) is 0 Å². The molecule has 0 amide bonds. The Balaban J connectivity index is 2.59. The molecule has 0 atom stereocenters. The van der Waals surface area contributed by atoms with Gasteiger partial charge in [-0.1, -0.05) is 28.1 Å². The molecule has 2 aromatic carbocycles. The zero-order chi connectivity index (χ0) is 13.1. The number of carboxylic acids is 1.